The van der Waals surface area contributed by atoms with Crippen LogP contribution in [0, 0.1) is 5.92 Å². The molecule has 2 aliphatic rings. The first-order chi connectivity index (χ1) is 10.8. The second-order valence-electron chi connectivity index (χ2n) is 7.10. The van der Waals surface area contributed by atoms with Crippen LogP contribution in [0.15, 0.2) is 30.3 Å². The first kappa shape index (κ1) is 16.5. The molecule has 5 heteroatoms. The third-order valence-electron chi connectivity index (χ3n) is 5.78. The highest BCUT2D eigenvalue weighted by Crippen LogP contribution is 2.42. The molecule has 3 rings (SSSR count). The normalized spacial score (nSPS) is 26.8. The van der Waals surface area contributed by atoms with Crippen LogP contribution in [0.1, 0.15) is 38.2 Å². The van der Waals surface area contributed by atoms with Gasteiger partial charge in [-0.1, -0.05) is 30.3 Å². The molecule has 1 aromatic carbocycles. The van der Waals surface area contributed by atoms with Gasteiger partial charge in [-0.3, -0.25) is 4.79 Å². The Morgan fingerprint density at radius 1 is 1.26 bits per heavy atom. The van der Waals surface area contributed by atoms with E-state index in [-0.39, 0.29) is 11.9 Å². The molecule has 2 fully saturated rings. The predicted octanol–water partition coefficient (Wildman–Crippen LogP) is 2.43. The molecular weight excluding hydrogens is 310 g/mol. The van der Waals surface area contributed by atoms with Gasteiger partial charge in [0.05, 0.1) is 0 Å². The van der Waals surface area contributed by atoms with Crippen molar-refractivity contribution in [2.24, 2.45) is 5.92 Å². The van der Waals surface area contributed by atoms with Crippen molar-refractivity contribution in [3.63, 3.8) is 0 Å². The van der Waals surface area contributed by atoms with Gasteiger partial charge in [-0.15, -0.1) is 0 Å². The zero-order valence-electron chi connectivity index (χ0n) is 13.9. The largest absolute Gasteiger partial charge is 0.338 e. The van der Waals surface area contributed by atoms with Crippen LogP contribution in [0.4, 0.5) is 0 Å². The van der Waals surface area contributed by atoms with Crippen LogP contribution in [0.5, 0.6) is 0 Å². The van der Waals surface area contributed by atoms with E-state index in [2.05, 4.69) is 19.1 Å². The molecule has 0 aromatic heterocycles. The predicted molar refractivity (Wildman–Crippen MR) is 90.9 cm³/mol. The maximum atomic E-state index is 13.0. The van der Waals surface area contributed by atoms with Crippen molar-refractivity contribution in [3.05, 3.63) is 35.9 Å². The third-order valence-corrected chi connectivity index (χ3v) is 7.78. The molecule has 1 aromatic rings. The van der Waals surface area contributed by atoms with Gasteiger partial charge in [-0.05, 0) is 50.5 Å². The molecule has 2 unspecified atom stereocenters. The third kappa shape index (κ3) is 2.80. The summed E-state index contributed by atoms with van der Waals surface area (Å²) in [6, 6.07) is 10.4. The highest BCUT2D eigenvalue weighted by atomic mass is 32.2. The molecule has 0 bridgehead atoms. The van der Waals surface area contributed by atoms with Gasteiger partial charge in [0.2, 0.25) is 5.91 Å². The molecule has 1 saturated carbocycles. The molecule has 0 spiro atoms. The van der Waals surface area contributed by atoms with Gasteiger partial charge in [0.1, 0.15) is 0 Å². The molecule has 1 aliphatic heterocycles. The topological polar surface area (TPSA) is 54.5 Å². The molecule has 0 radical (unpaired) electrons. The number of sulfone groups is 1. The molecule has 4 nitrogen and oxygen atoms in total. The summed E-state index contributed by atoms with van der Waals surface area (Å²) < 4.78 is 23.2. The van der Waals surface area contributed by atoms with Crippen LogP contribution >= 0.6 is 0 Å². The lowest BCUT2D eigenvalue weighted by Gasteiger charge is -2.42. The minimum absolute atomic E-state index is 0.0990. The number of carbonyl (C=O) groups is 1. The molecule has 0 N–H and O–H groups in total. The van der Waals surface area contributed by atoms with E-state index in [1.807, 2.05) is 23.1 Å². The number of carbonyl (C=O) groups excluding carboxylic acids is 1. The van der Waals surface area contributed by atoms with Gasteiger partial charge in [0.15, 0.2) is 14.6 Å². The molecular formula is C18H25NO3S. The lowest BCUT2D eigenvalue weighted by Crippen LogP contribution is -2.58. The van der Waals surface area contributed by atoms with Gasteiger partial charge in [-0.2, -0.15) is 0 Å². The van der Waals surface area contributed by atoms with Crippen LogP contribution < -0.4 is 0 Å². The molecule has 23 heavy (non-hydrogen) atoms. The van der Waals surface area contributed by atoms with Crippen LogP contribution in [0.25, 0.3) is 0 Å². The van der Waals surface area contributed by atoms with E-state index in [1.54, 1.807) is 0 Å². The van der Waals surface area contributed by atoms with E-state index in [4.69, 9.17) is 0 Å². The first-order valence-electron chi connectivity index (χ1n) is 8.40. The Hall–Kier alpha value is -1.36. The van der Waals surface area contributed by atoms with Crippen LogP contribution in [-0.2, 0) is 21.1 Å². The standard InChI is InChI=1S/C18H25NO3S/c1-14-16(13-15-7-4-3-5-8-15)9-12-19(14)17(20)18(10-6-11-18)23(2,21)22/h3-5,7-8,14,16H,6,9-13H2,1-2H3. The fraction of sp³-hybridized carbons (Fsp3) is 0.611. The summed E-state index contributed by atoms with van der Waals surface area (Å²) in [5.74, 6) is 0.243. The average Bonchev–Trinajstić information content (AvgIpc) is 2.78. The van der Waals surface area contributed by atoms with Gasteiger partial charge in [-0.25, -0.2) is 8.42 Å². The summed E-state index contributed by atoms with van der Waals surface area (Å²) in [5, 5.41) is 0. The van der Waals surface area contributed by atoms with Gasteiger partial charge >= 0.3 is 0 Å². The molecule has 1 heterocycles. The number of amides is 1. The van der Waals surface area contributed by atoms with Gasteiger partial charge in [0, 0.05) is 18.8 Å². The number of rotatable bonds is 4. The Morgan fingerprint density at radius 2 is 1.91 bits per heavy atom. The van der Waals surface area contributed by atoms with E-state index in [1.165, 1.54) is 11.8 Å². The van der Waals surface area contributed by atoms with E-state index >= 15 is 0 Å². The summed E-state index contributed by atoms with van der Waals surface area (Å²) in [6.45, 7) is 2.74. The molecule has 1 amide bonds. The zero-order valence-corrected chi connectivity index (χ0v) is 14.7. The fourth-order valence-corrected chi connectivity index (χ4v) is 5.45. The summed E-state index contributed by atoms with van der Waals surface area (Å²) in [4.78, 5) is 14.8. The summed E-state index contributed by atoms with van der Waals surface area (Å²) >= 11 is 0. The van der Waals surface area contributed by atoms with Crippen molar-refractivity contribution in [3.8, 4) is 0 Å². The first-order valence-corrected chi connectivity index (χ1v) is 10.3. The lowest BCUT2D eigenvalue weighted by atomic mass is 9.82. The number of hydrogen-bond donors (Lipinski definition) is 0. The maximum absolute atomic E-state index is 13.0. The SMILES string of the molecule is CC1C(Cc2ccccc2)CCN1C(=O)C1(S(C)(=O)=O)CCC1. The van der Waals surface area contributed by atoms with Crippen LogP contribution in [0.3, 0.4) is 0 Å². The van der Waals surface area contributed by atoms with E-state index in [0.29, 0.717) is 25.3 Å². The smallest absolute Gasteiger partial charge is 0.244 e. The van der Waals surface area contributed by atoms with Crippen LogP contribution in [0.2, 0.25) is 0 Å². The lowest BCUT2D eigenvalue weighted by molar-refractivity contribution is -0.137. The van der Waals surface area contributed by atoms with Crippen LogP contribution in [-0.4, -0.2) is 42.8 Å². The highest BCUT2D eigenvalue weighted by molar-refractivity contribution is 7.93. The minimum Gasteiger partial charge on any atom is -0.338 e. The van der Waals surface area contributed by atoms with Crippen molar-refractivity contribution in [1.82, 2.24) is 4.90 Å². The van der Waals surface area contributed by atoms with E-state index in [0.717, 1.165) is 19.3 Å². The molecule has 1 aliphatic carbocycles. The second kappa shape index (κ2) is 5.93. The average molecular weight is 335 g/mol. The van der Waals surface area contributed by atoms with Crippen molar-refractivity contribution in [2.45, 2.75) is 49.8 Å². The number of benzene rings is 1. The van der Waals surface area contributed by atoms with Gasteiger partial charge in [0.25, 0.3) is 0 Å². The van der Waals surface area contributed by atoms with Crippen molar-refractivity contribution >= 4 is 15.7 Å². The summed E-state index contributed by atoms with van der Waals surface area (Å²) in [7, 11) is -3.36. The van der Waals surface area contributed by atoms with E-state index in [9.17, 15) is 13.2 Å². The Bertz CT molecular complexity index is 679. The Kier molecular flexibility index (Phi) is 4.25. The quantitative estimate of drug-likeness (QED) is 0.849. The van der Waals surface area contributed by atoms with Crippen molar-refractivity contribution < 1.29 is 13.2 Å². The number of likely N-dealkylation sites (tertiary alicyclic amines) is 1. The summed E-state index contributed by atoms with van der Waals surface area (Å²) in [5.41, 5.74) is 1.28. The number of nitrogens with zero attached hydrogens (tertiary/aromatic N) is 1. The molecule has 2 atom stereocenters. The monoisotopic (exact) mass is 335 g/mol. The molecule has 1 saturated heterocycles. The van der Waals surface area contributed by atoms with E-state index < -0.39 is 14.6 Å². The highest BCUT2D eigenvalue weighted by Gasteiger charge is 2.56. The Labute approximate surface area is 138 Å². The Morgan fingerprint density at radius 3 is 2.43 bits per heavy atom. The fourth-order valence-electron chi connectivity index (χ4n) is 3.98. The minimum atomic E-state index is -3.36. The molecule has 126 valence electrons. The Balaban J connectivity index is 1.74. The second-order valence-corrected chi connectivity index (χ2v) is 9.42. The maximum Gasteiger partial charge on any atom is 0.244 e. The number of hydrogen-bond acceptors (Lipinski definition) is 3. The van der Waals surface area contributed by atoms with Crippen molar-refractivity contribution in [2.75, 3.05) is 12.8 Å². The zero-order chi connectivity index (χ0) is 16.7. The summed E-state index contributed by atoms with van der Waals surface area (Å²) in [6.07, 6.45) is 4.90. The van der Waals surface area contributed by atoms with Gasteiger partial charge < -0.3 is 4.90 Å². The van der Waals surface area contributed by atoms with Crippen molar-refractivity contribution in [1.29, 1.82) is 0 Å².